The first-order valence-electron chi connectivity index (χ1n) is 8.46. The normalized spacial score (nSPS) is 17.4. The number of benzene rings is 1. The summed E-state index contributed by atoms with van der Waals surface area (Å²) in [5, 5.41) is 27.0. The number of halogens is 3. The van der Waals surface area contributed by atoms with Crippen LogP contribution in [0, 0.1) is 27.2 Å². The highest BCUT2D eigenvalue weighted by atomic mass is 19.4. The zero-order valence-electron chi connectivity index (χ0n) is 15.1. The van der Waals surface area contributed by atoms with Gasteiger partial charge in [-0.05, 0) is 12.5 Å². The van der Waals surface area contributed by atoms with Crippen LogP contribution in [0.3, 0.4) is 0 Å². The first-order valence-corrected chi connectivity index (χ1v) is 8.46. The monoisotopic (exact) mass is 415 g/mol. The van der Waals surface area contributed by atoms with E-state index in [0.29, 0.717) is 12.1 Å². The summed E-state index contributed by atoms with van der Waals surface area (Å²) in [6.07, 6.45) is -2.08. The number of alkyl halides is 3. The van der Waals surface area contributed by atoms with Crippen molar-refractivity contribution in [1.82, 2.24) is 9.78 Å². The minimum Gasteiger partial charge on any atom is -0.373 e. The molecule has 0 radical (unpaired) electrons. The second kappa shape index (κ2) is 7.66. The van der Waals surface area contributed by atoms with Gasteiger partial charge in [-0.25, -0.2) is 0 Å². The van der Waals surface area contributed by atoms with Gasteiger partial charge in [0.2, 0.25) is 0 Å². The molecule has 13 heteroatoms. The van der Waals surface area contributed by atoms with Crippen molar-refractivity contribution in [2.24, 2.45) is 0 Å². The highest BCUT2D eigenvalue weighted by Gasteiger charge is 2.40. The Morgan fingerprint density at radius 2 is 1.86 bits per heavy atom. The smallest absolute Gasteiger partial charge is 0.373 e. The van der Waals surface area contributed by atoms with Gasteiger partial charge in [0.25, 0.3) is 11.4 Å². The topological polar surface area (TPSA) is 117 Å². The van der Waals surface area contributed by atoms with E-state index in [2.05, 4.69) is 5.10 Å². The molecule has 0 amide bonds. The van der Waals surface area contributed by atoms with E-state index in [1.165, 1.54) is 4.90 Å². The molecule has 0 N–H and O–H groups in total. The van der Waals surface area contributed by atoms with Crippen LogP contribution in [-0.2, 0) is 17.5 Å². The van der Waals surface area contributed by atoms with E-state index in [1.54, 1.807) is 17.1 Å². The van der Waals surface area contributed by atoms with E-state index in [4.69, 9.17) is 4.74 Å². The highest BCUT2D eigenvalue weighted by Crippen LogP contribution is 2.43. The SMILES string of the molecule is Cc1cnn(CC2CN(c3c([N+](=O)[O-])cc(C(F)(F)F)cc3[N+](=O)[O-])CCO2)c1. The fourth-order valence-corrected chi connectivity index (χ4v) is 3.18. The molecule has 1 fully saturated rings. The van der Waals surface area contributed by atoms with Gasteiger partial charge in [0.05, 0.1) is 40.9 Å². The predicted octanol–water partition coefficient (Wildman–Crippen LogP) is 2.93. The Balaban J connectivity index is 1.99. The fraction of sp³-hybridized carbons (Fsp3) is 0.438. The number of nitro benzene ring substituents is 2. The molecule has 1 saturated heterocycles. The van der Waals surface area contributed by atoms with Crippen LogP contribution in [-0.4, -0.2) is 45.4 Å². The van der Waals surface area contributed by atoms with Crippen LogP contribution in [0.4, 0.5) is 30.2 Å². The molecule has 1 aromatic carbocycles. The van der Waals surface area contributed by atoms with Crippen LogP contribution in [0.25, 0.3) is 0 Å². The van der Waals surface area contributed by atoms with Crippen molar-refractivity contribution in [3.05, 3.63) is 55.9 Å². The lowest BCUT2D eigenvalue weighted by atomic mass is 10.1. The summed E-state index contributed by atoms with van der Waals surface area (Å²) >= 11 is 0. The minimum absolute atomic E-state index is 0.0198. The van der Waals surface area contributed by atoms with E-state index in [-0.39, 0.29) is 26.2 Å². The third-order valence-corrected chi connectivity index (χ3v) is 4.40. The number of rotatable bonds is 5. The van der Waals surface area contributed by atoms with E-state index < -0.39 is 44.8 Å². The highest BCUT2D eigenvalue weighted by molar-refractivity contribution is 5.76. The van der Waals surface area contributed by atoms with Gasteiger partial charge in [0.15, 0.2) is 5.69 Å². The van der Waals surface area contributed by atoms with Crippen molar-refractivity contribution in [1.29, 1.82) is 0 Å². The number of ether oxygens (including phenoxy) is 1. The summed E-state index contributed by atoms with van der Waals surface area (Å²) in [6.45, 7) is 2.30. The van der Waals surface area contributed by atoms with E-state index in [1.807, 2.05) is 6.92 Å². The Bertz CT molecular complexity index is 910. The Kier molecular flexibility index (Phi) is 5.42. The number of hydrogen-bond donors (Lipinski definition) is 0. The zero-order valence-corrected chi connectivity index (χ0v) is 15.1. The number of morpholine rings is 1. The molecule has 29 heavy (non-hydrogen) atoms. The molecule has 2 heterocycles. The third-order valence-electron chi connectivity index (χ3n) is 4.40. The number of aromatic nitrogens is 2. The van der Waals surface area contributed by atoms with Gasteiger partial charge >= 0.3 is 6.18 Å². The van der Waals surface area contributed by atoms with Crippen LogP contribution < -0.4 is 4.90 Å². The van der Waals surface area contributed by atoms with Crippen LogP contribution in [0.15, 0.2) is 24.5 Å². The second-order valence-electron chi connectivity index (χ2n) is 6.55. The third kappa shape index (κ3) is 4.45. The molecule has 0 aliphatic carbocycles. The molecule has 2 aromatic rings. The summed E-state index contributed by atoms with van der Waals surface area (Å²) in [4.78, 5) is 22.1. The average Bonchev–Trinajstić information content (AvgIpc) is 3.04. The van der Waals surface area contributed by atoms with E-state index in [0.717, 1.165) is 5.56 Å². The molecule has 1 aromatic heterocycles. The number of nitro groups is 2. The Morgan fingerprint density at radius 3 is 2.34 bits per heavy atom. The molecule has 1 unspecified atom stereocenters. The van der Waals surface area contributed by atoms with Crippen LogP contribution in [0.5, 0.6) is 0 Å². The van der Waals surface area contributed by atoms with Crippen molar-refractivity contribution >= 4 is 17.1 Å². The summed E-state index contributed by atoms with van der Waals surface area (Å²) in [5.74, 6) is 0. The maximum Gasteiger partial charge on any atom is 0.416 e. The Hall–Kier alpha value is -3.22. The van der Waals surface area contributed by atoms with Crippen molar-refractivity contribution in [3.63, 3.8) is 0 Å². The first kappa shape index (κ1) is 20.5. The zero-order chi connectivity index (χ0) is 21.3. The van der Waals surface area contributed by atoms with Gasteiger partial charge < -0.3 is 9.64 Å². The number of hydrogen-bond acceptors (Lipinski definition) is 7. The lowest BCUT2D eigenvalue weighted by Gasteiger charge is -2.33. The molecule has 1 atom stereocenters. The van der Waals surface area contributed by atoms with Gasteiger partial charge in [-0.2, -0.15) is 18.3 Å². The van der Waals surface area contributed by atoms with Crippen molar-refractivity contribution in [3.8, 4) is 0 Å². The largest absolute Gasteiger partial charge is 0.416 e. The van der Waals surface area contributed by atoms with Crippen LogP contribution in [0.1, 0.15) is 11.1 Å². The van der Waals surface area contributed by atoms with E-state index in [9.17, 15) is 33.4 Å². The predicted molar refractivity (Wildman–Crippen MR) is 93.7 cm³/mol. The molecule has 3 rings (SSSR count). The second-order valence-corrected chi connectivity index (χ2v) is 6.55. The van der Waals surface area contributed by atoms with Gasteiger partial charge in [0, 0.05) is 31.4 Å². The summed E-state index contributed by atoms with van der Waals surface area (Å²) in [7, 11) is 0. The summed E-state index contributed by atoms with van der Waals surface area (Å²) in [6, 6.07) is 0.646. The summed E-state index contributed by atoms with van der Waals surface area (Å²) in [5.41, 5.74) is -2.94. The molecule has 156 valence electrons. The van der Waals surface area contributed by atoms with E-state index >= 15 is 0 Å². The lowest BCUT2D eigenvalue weighted by molar-refractivity contribution is -0.393. The molecule has 0 bridgehead atoms. The fourth-order valence-electron chi connectivity index (χ4n) is 3.18. The Morgan fingerprint density at radius 1 is 1.24 bits per heavy atom. The number of nitrogens with zero attached hydrogens (tertiary/aromatic N) is 5. The standard InChI is InChI=1S/C16H16F3N5O5/c1-10-6-20-22(7-10)9-12-8-21(2-3-29-12)15-13(23(25)26)4-11(16(17,18)19)5-14(15)24(27)28/h4-7,12H,2-3,8-9H2,1H3. The van der Waals surface area contributed by atoms with Gasteiger partial charge in [-0.3, -0.25) is 24.9 Å². The van der Waals surface area contributed by atoms with Gasteiger partial charge in [-0.1, -0.05) is 0 Å². The Labute approximate surface area is 161 Å². The van der Waals surface area contributed by atoms with Gasteiger partial charge in [0.1, 0.15) is 0 Å². The van der Waals surface area contributed by atoms with Gasteiger partial charge in [-0.15, -0.1) is 0 Å². The van der Waals surface area contributed by atoms with Crippen molar-refractivity contribution in [2.75, 3.05) is 24.6 Å². The quantitative estimate of drug-likeness (QED) is 0.544. The maximum atomic E-state index is 13.1. The molecule has 10 nitrogen and oxygen atoms in total. The number of aryl methyl sites for hydroxylation is 1. The maximum absolute atomic E-state index is 13.1. The first-order chi connectivity index (χ1) is 13.6. The molecule has 1 aliphatic rings. The molecule has 0 saturated carbocycles. The summed E-state index contributed by atoms with van der Waals surface area (Å²) < 4.78 is 46.4. The van der Waals surface area contributed by atoms with Crippen molar-refractivity contribution in [2.45, 2.75) is 25.7 Å². The molecule has 1 aliphatic heterocycles. The average molecular weight is 415 g/mol. The van der Waals surface area contributed by atoms with Crippen LogP contribution in [0.2, 0.25) is 0 Å². The minimum atomic E-state index is -4.96. The molecular formula is C16H16F3N5O5. The molecule has 0 spiro atoms. The molecular weight excluding hydrogens is 399 g/mol. The van der Waals surface area contributed by atoms with Crippen molar-refractivity contribution < 1.29 is 27.8 Å². The lowest BCUT2D eigenvalue weighted by Crippen LogP contribution is -2.44. The van der Waals surface area contributed by atoms with Crippen LogP contribution >= 0.6 is 0 Å². The number of anilines is 1.